The van der Waals surface area contributed by atoms with Gasteiger partial charge in [-0.2, -0.15) is 0 Å². The highest BCUT2D eigenvalue weighted by Crippen LogP contribution is 2.28. The van der Waals surface area contributed by atoms with Crippen molar-refractivity contribution in [1.29, 1.82) is 0 Å². The zero-order valence-electron chi connectivity index (χ0n) is 13.2. The summed E-state index contributed by atoms with van der Waals surface area (Å²) in [6.45, 7) is 4.54. The Morgan fingerprint density at radius 1 is 1.09 bits per heavy atom. The van der Waals surface area contributed by atoms with Crippen LogP contribution in [0.2, 0.25) is 0 Å². The van der Waals surface area contributed by atoms with Crippen LogP contribution in [0.1, 0.15) is 19.8 Å². The minimum atomic E-state index is -3.49. The molecule has 1 heterocycles. The molecule has 2 aromatic rings. The van der Waals surface area contributed by atoms with Gasteiger partial charge in [-0.25, -0.2) is 13.1 Å². The molecule has 126 valence electrons. The van der Waals surface area contributed by atoms with Gasteiger partial charge in [0.05, 0.1) is 4.90 Å². The fourth-order valence-corrected chi connectivity index (χ4v) is 4.41. The van der Waals surface area contributed by atoms with Gasteiger partial charge in [-0.15, -0.1) is 12.4 Å². The first-order valence-electron chi connectivity index (χ1n) is 7.68. The third-order valence-electron chi connectivity index (χ3n) is 4.54. The molecule has 0 saturated carbocycles. The molecular formula is C17H23ClN2O2S. The van der Waals surface area contributed by atoms with Crippen LogP contribution in [0.3, 0.4) is 0 Å². The first-order valence-corrected chi connectivity index (χ1v) is 9.17. The minimum Gasteiger partial charge on any atom is -0.317 e. The van der Waals surface area contributed by atoms with E-state index in [9.17, 15) is 8.42 Å². The van der Waals surface area contributed by atoms with Crippen LogP contribution in [0.15, 0.2) is 47.4 Å². The number of nitrogens with one attached hydrogen (secondary N) is 2. The van der Waals surface area contributed by atoms with Crippen LogP contribution in [-0.4, -0.2) is 28.1 Å². The second-order valence-corrected chi connectivity index (χ2v) is 8.10. The molecule has 23 heavy (non-hydrogen) atoms. The number of fused-ring (bicyclic) bond motifs is 1. The third-order valence-corrected chi connectivity index (χ3v) is 6.00. The van der Waals surface area contributed by atoms with Gasteiger partial charge in [0.1, 0.15) is 0 Å². The Hall–Kier alpha value is -1.14. The van der Waals surface area contributed by atoms with Crippen LogP contribution in [0.5, 0.6) is 0 Å². The topological polar surface area (TPSA) is 58.2 Å². The Bertz CT molecular complexity index is 766. The first-order chi connectivity index (χ1) is 10.5. The van der Waals surface area contributed by atoms with Crippen LogP contribution < -0.4 is 10.0 Å². The van der Waals surface area contributed by atoms with E-state index < -0.39 is 10.0 Å². The van der Waals surface area contributed by atoms with E-state index in [1.807, 2.05) is 30.3 Å². The molecule has 3 rings (SSSR count). The Balaban J connectivity index is 0.00000192. The fraction of sp³-hybridized carbons (Fsp3) is 0.412. The van der Waals surface area contributed by atoms with E-state index in [1.165, 1.54) is 0 Å². The molecule has 1 fully saturated rings. The zero-order chi connectivity index (χ0) is 15.6. The molecule has 1 aliphatic heterocycles. The van der Waals surface area contributed by atoms with Crippen molar-refractivity contribution >= 4 is 33.2 Å². The highest BCUT2D eigenvalue weighted by atomic mass is 35.5. The normalized spacial score (nSPS) is 17.6. The van der Waals surface area contributed by atoms with Gasteiger partial charge in [0.2, 0.25) is 10.0 Å². The zero-order valence-corrected chi connectivity index (χ0v) is 14.8. The van der Waals surface area contributed by atoms with E-state index >= 15 is 0 Å². The Kier molecular flexibility index (Phi) is 5.68. The van der Waals surface area contributed by atoms with Crippen molar-refractivity contribution in [2.24, 2.45) is 5.41 Å². The van der Waals surface area contributed by atoms with E-state index in [1.54, 1.807) is 12.1 Å². The quantitative estimate of drug-likeness (QED) is 0.887. The van der Waals surface area contributed by atoms with Gasteiger partial charge in [-0.05, 0) is 42.8 Å². The van der Waals surface area contributed by atoms with E-state index in [4.69, 9.17) is 0 Å². The smallest absolute Gasteiger partial charge is 0.241 e. The van der Waals surface area contributed by atoms with E-state index in [-0.39, 0.29) is 17.8 Å². The minimum absolute atomic E-state index is 0. The number of hydrogen-bond acceptors (Lipinski definition) is 3. The molecule has 2 aromatic carbocycles. The van der Waals surface area contributed by atoms with Crippen molar-refractivity contribution in [2.75, 3.05) is 19.6 Å². The molecule has 6 heteroatoms. The van der Waals surface area contributed by atoms with E-state index in [2.05, 4.69) is 17.0 Å². The predicted octanol–water partition coefficient (Wildman–Crippen LogP) is 2.93. The SMILES string of the molecule is CC1(CNS(=O)(=O)c2cccc3ccccc23)CCNCC1.Cl. The molecular weight excluding hydrogens is 332 g/mol. The summed E-state index contributed by atoms with van der Waals surface area (Å²) in [4.78, 5) is 0.364. The summed E-state index contributed by atoms with van der Waals surface area (Å²) in [7, 11) is -3.49. The molecule has 0 aliphatic carbocycles. The number of sulfonamides is 1. The van der Waals surface area contributed by atoms with Gasteiger partial charge in [0.15, 0.2) is 0 Å². The van der Waals surface area contributed by atoms with Crippen molar-refractivity contribution < 1.29 is 8.42 Å². The molecule has 1 aliphatic rings. The summed E-state index contributed by atoms with van der Waals surface area (Å²) in [5.41, 5.74) is 0.0307. The number of halogens is 1. The molecule has 0 aromatic heterocycles. The van der Waals surface area contributed by atoms with Gasteiger partial charge in [-0.1, -0.05) is 43.3 Å². The molecule has 0 unspecified atom stereocenters. The summed E-state index contributed by atoms with van der Waals surface area (Å²) in [5, 5.41) is 5.03. The van der Waals surface area contributed by atoms with Crippen LogP contribution >= 0.6 is 12.4 Å². The lowest BCUT2D eigenvalue weighted by Gasteiger charge is -2.34. The Morgan fingerprint density at radius 2 is 1.74 bits per heavy atom. The summed E-state index contributed by atoms with van der Waals surface area (Å²) in [6.07, 6.45) is 1.98. The molecule has 0 atom stereocenters. The van der Waals surface area contributed by atoms with Crippen LogP contribution in [-0.2, 0) is 10.0 Å². The van der Waals surface area contributed by atoms with Crippen molar-refractivity contribution in [3.8, 4) is 0 Å². The lowest BCUT2D eigenvalue weighted by molar-refractivity contribution is 0.232. The third kappa shape index (κ3) is 4.04. The van der Waals surface area contributed by atoms with E-state index in [0.717, 1.165) is 36.7 Å². The van der Waals surface area contributed by atoms with Gasteiger partial charge < -0.3 is 5.32 Å². The maximum absolute atomic E-state index is 12.7. The summed E-state index contributed by atoms with van der Waals surface area (Å²) in [6, 6.07) is 13.0. The highest BCUT2D eigenvalue weighted by molar-refractivity contribution is 7.89. The van der Waals surface area contributed by atoms with Crippen molar-refractivity contribution in [3.05, 3.63) is 42.5 Å². The second kappa shape index (κ2) is 7.18. The summed E-state index contributed by atoms with van der Waals surface area (Å²) < 4.78 is 28.2. The monoisotopic (exact) mass is 354 g/mol. The Morgan fingerprint density at radius 3 is 2.48 bits per heavy atom. The fourth-order valence-electron chi connectivity index (χ4n) is 2.98. The standard InChI is InChI=1S/C17H22N2O2S.ClH/c1-17(9-11-18-12-10-17)13-19-22(20,21)16-8-4-6-14-5-2-3-7-15(14)16;/h2-8,18-19H,9-13H2,1H3;1H. The molecule has 0 radical (unpaired) electrons. The van der Waals surface area contributed by atoms with Gasteiger partial charge in [-0.3, -0.25) is 0 Å². The lowest BCUT2D eigenvalue weighted by Crippen LogP contribution is -2.42. The van der Waals surface area contributed by atoms with Crippen LogP contribution in [0, 0.1) is 5.41 Å². The van der Waals surface area contributed by atoms with Crippen molar-refractivity contribution in [1.82, 2.24) is 10.0 Å². The van der Waals surface area contributed by atoms with Crippen LogP contribution in [0.4, 0.5) is 0 Å². The highest BCUT2D eigenvalue weighted by Gasteiger charge is 2.29. The number of piperidine rings is 1. The van der Waals surface area contributed by atoms with Gasteiger partial charge in [0.25, 0.3) is 0 Å². The first kappa shape index (κ1) is 18.2. The maximum atomic E-state index is 12.7. The second-order valence-electron chi connectivity index (χ2n) is 6.36. The maximum Gasteiger partial charge on any atom is 0.241 e. The van der Waals surface area contributed by atoms with Gasteiger partial charge >= 0.3 is 0 Å². The summed E-state index contributed by atoms with van der Waals surface area (Å²) in [5.74, 6) is 0. The van der Waals surface area contributed by atoms with E-state index in [0.29, 0.717) is 11.4 Å². The predicted molar refractivity (Wildman–Crippen MR) is 96.6 cm³/mol. The van der Waals surface area contributed by atoms with Crippen molar-refractivity contribution in [3.63, 3.8) is 0 Å². The molecule has 0 spiro atoms. The number of hydrogen-bond donors (Lipinski definition) is 2. The molecule has 4 nitrogen and oxygen atoms in total. The largest absolute Gasteiger partial charge is 0.317 e. The average molecular weight is 355 g/mol. The summed E-state index contributed by atoms with van der Waals surface area (Å²) >= 11 is 0. The van der Waals surface area contributed by atoms with Crippen LogP contribution in [0.25, 0.3) is 10.8 Å². The lowest BCUT2D eigenvalue weighted by atomic mass is 9.81. The molecule has 0 bridgehead atoms. The molecule has 1 saturated heterocycles. The van der Waals surface area contributed by atoms with Crippen molar-refractivity contribution in [2.45, 2.75) is 24.7 Å². The number of benzene rings is 2. The average Bonchev–Trinajstić information content (AvgIpc) is 2.53. The molecule has 0 amide bonds. The van der Waals surface area contributed by atoms with Gasteiger partial charge in [0, 0.05) is 11.9 Å². The number of rotatable bonds is 4. The molecule has 2 N–H and O–H groups in total. The Labute approximate surface area is 144 Å².